The van der Waals surface area contributed by atoms with E-state index in [4.69, 9.17) is 15.5 Å². The molecule has 1 aromatic heterocycles. The number of hydrogen-bond acceptors (Lipinski definition) is 4. The van der Waals surface area contributed by atoms with E-state index in [9.17, 15) is 0 Å². The summed E-state index contributed by atoms with van der Waals surface area (Å²) in [4.78, 5) is 7.33. The molecule has 1 aliphatic heterocycles. The van der Waals surface area contributed by atoms with E-state index in [1.807, 2.05) is 0 Å². The molecule has 2 fully saturated rings. The van der Waals surface area contributed by atoms with E-state index in [1.54, 1.807) is 0 Å². The van der Waals surface area contributed by atoms with E-state index < -0.39 is 0 Å². The molecule has 2 heterocycles. The molecule has 0 radical (unpaired) electrons. The number of aromatic nitrogens is 1. The molecule has 1 aliphatic carbocycles. The second kappa shape index (κ2) is 6.10. The molecule has 4 nitrogen and oxygen atoms in total. The molecular weight excluding hydrogens is 250 g/mol. The third kappa shape index (κ3) is 2.67. The Bertz CT molecular complexity index is 463. The van der Waals surface area contributed by atoms with Crippen molar-refractivity contribution in [3.05, 3.63) is 23.4 Å². The molecular formula is C16H25N3O. The first-order valence-electron chi connectivity index (χ1n) is 7.90. The van der Waals surface area contributed by atoms with E-state index in [0.717, 1.165) is 31.8 Å². The molecule has 0 amide bonds. The van der Waals surface area contributed by atoms with E-state index in [0.29, 0.717) is 18.7 Å². The smallest absolute Gasteiger partial charge is 0.129 e. The number of nitrogens with two attached hydrogens (primary N) is 1. The Balaban J connectivity index is 1.89. The van der Waals surface area contributed by atoms with Crippen molar-refractivity contribution in [2.24, 2.45) is 5.73 Å². The highest BCUT2D eigenvalue weighted by Gasteiger charge is 2.36. The van der Waals surface area contributed by atoms with Crippen LogP contribution in [0.3, 0.4) is 0 Å². The van der Waals surface area contributed by atoms with Crippen LogP contribution in [-0.2, 0) is 17.7 Å². The van der Waals surface area contributed by atoms with Crippen molar-refractivity contribution < 1.29 is 4.74 Å². The molecule has 1 aromatic rings. The monoisotopic (exact) mass is 275 g/mol. The Morgan fingerprint density at radius 3 is 3.10 bits per heavy atom. The van der Waals surface area contributed by atoms with Crippen molar-refractivity contribution in [2.75, 3.05) is 18.1 Å². The number of aryl methyl sites for hydroxylation is 1. The number of ether oxygens (including phenoxy) is 1. The standard InChI is InChI=1S/C16H25N3O/c1-2-4-13-9-12(11-17)10-16(18-13)19-7-8-20-15-6-3-5-14(15)19/h9-10,14-15H,2-8,11,17H2,1H3. The lowest BCUT2D eigenvalue weighted by atomic mass is 10.1. The molecule has 4 heteroatoms. The van der Waals surface area contributed by atoms with Crippen molar-refractivity contribution >= 4 is 5.82 Å². The molecule has 110 valence electrons. The Morgan fingerprint density at radius 1 is 1.40 bits per heavy atom. The largest absolute Gasteiger partial charge is 0.374 e. The molecule has 1 saturated heterocycles. The van der Waals surface area contributed by atoms with Crippen LogP contribution in [0, 0.1) is 0 Å². The average molecular weight is 275 g/mol. The van der Waals surface area contributed by atoms with Crippen LogP contribution >= 0.6 is 0 Å². The highest BCUT2D eigenvalue weighted by atomic mass is 16.5. The van der Waals surface area contributed by atoms with Crippen LogP contribution < -0.4 is 10.6 Å². The zero-order valence-electron chi connectivity index (χ0n) is 12.3. The normalized spacial score (nSPS) is 25.8. The topological polar surface area (TPSA) is 51.4 Å². The van der Waals surface area contributed by atoms with E-state index >= 15 is 0 Å². The number of pyridine rings is 1. The van der Waals surface area contributed by atoms with Crippen molar-refractivity contribution in [2.45, 2.75) is 57.7 Å². The van der Waals surface area contributed by atoms with Crippen molar-refractivity contribution in [1.29, 1.82) is 0 Å². The zero-order valence-corrected chi connectivity index (χ0v) is 12.3. The summed E-state index contributed by atoms with van der Waals surface area (Å²) in [5, 5.41) is 0. The third-order valence-corrected chi connectivity index (χ3v) is 4.44. The second-order valence-corrected chi connectivity index (χ2v) is 5.88. The van der Waals surface area contributed by atoms with Gasteiger partial charge in [-0.2, -0.15) is 0 Å². The lowest BCUT2D eigenvalue weighted by Crippen LogP contribution is -2.49. The fraction of sp³-hybridized carbons (Fsp3) is 0.688. The third-order valence-electron chi connectivity index (χ3n) is 4.44. The van der Waals surface area contributed by atoms with Gasteiger partial charge in [-0.25, -0.2) is 4.98 Å². The van der Waals surface area contributed by atoms with Crippen LogP contribution in [0.4, 0.5) is 5.82 Å². The molecule has 0 bridgehead atoms. The first-order valence-corrected chi connectivity index (χ1v) is 7.90. The predicted octanol–water partition coefficient (Wildman–Crippen LogP) is 2.25. The summed E-state index contributed by atoms with van der Waals surface area (Å²) in [5.41, 5.74) is 8.22. The van der Waals surface area contributed by atoms with Gasteiger partial charge < -0.3 is 15.4 Å². The van der Waals surface area contributed by atoms with Gasteiger partial charge in [-0.15, -0.1) is 0 Å². The number of fused-ring (bicyclic) bond motifs is 1. The lowest BCUT2D eigenvalue weighted by molar-refractivity contribution is 0.0253. The molecule has 3 rings (SSSR count). The summed E-state index contributed by atoms with van der Waals surface area (Å²) >= 11 is 0. The van der Waals surface area contributed by atoms with Crippen LogP contribution in [0.5, 0.6) is 0 Å². The molecule has 2 aliphatic rings. The van der Waals surface area contributed by atoms with Crippen LogP contribution in [0.2, 0.25) is 0 Å². The van der Waals surface area contributed by atoms with E-state index in [2.05, 4.69) is 24.0 Å². The summed E-state index contributed by atoms with van der Waals surface area (Å²) in [6.45, 7) is 4.55. The maximum Gasteiger partial charge on any atom is 0.129 e. The Morgan fingerprint density at radius 2 is 2.30 bits per heavy atom. The fourth-order valence-corrected chi connectivity index (χ4v) is 3.49. The molecule has 2 unspecified atom stereocenters. The number of nitrogens with zero attached hydrogens (tertiary/aromatic N) is 2. The SMILES string of the molecule is CCCc1cc(CN)cc(N2CCOC3CCCC32)n1. The summed E-state index contributed by atoms with van der Waals surface area (Å²) in [5.74, 6) is 1.11. The van der Waals surface area contributed by atoms with Crippen molar-refractivity contribution in [1.82, 2.24) is 4.98 Å². The highest BCUT2D eigenvalue weighted by Crippen LogP contribution is 2.32. The molecule has 0 spiro atoms. The van der Waals surface area contributed by atoms with Gasteiger partial charge in [0.2, 0.25) is 0 Å². The summed E-state index contributed by atoms with van der Waals surface area (Å²) in [6.07, 6.45) is 6.24. The van der Waals surface area contributed by atoms with Crippen LogP contribution in [0.25, 0.3) is 0 Å². The first kappa shape index (κ1) is 13.8. The van der Waals surface area contributed by atoms with Gasteiger partial charge in [0.15, 0.2) is 0 Å². The van der Waals surface area contributed by atoms with Gasteiger partial charge in [0.1, 0.15) is 5.82 Å². The van der Waals surface area contributed by atoms with Gasteiger partial charge >= 0.3 is 0 Å². The Labute approximate surface area is 121 Å². The number of hydrogen-bond donors (Lipinski definition) is 1. The molecule has 1 saturated carbocycles. The van der Waals surface area contributed by atoms with Gasteiger partial charge in [0.05, 0.1) is 18.8 Å². The van der Waals surface area contributed by atoms with Gasteiger partial charge in [0, 0.05) is 18.8 Å². The number of rotatable bonds is 4. The Hall–Kier alpha value is -1.13. The van der Waals surface area contributed by atoms with Crippen LogP contribution in [0.15, 0.2) is 12.1 Å². The number of anilines is 1. The maximum atomic E-state index is 5.89. The Kier molecular flexibility index (Phi) is 4.22. The second-order valence-electron chi connectivity index (χ2n) is 5.88. The first-order chi connectivity index (χ1) is 9.81. The minimum absolute atomic E-state index is 0.404. The quantitative estimate of drug-likeness (QED) is 0.915. The highest BCUT2D eigenvalue weighted by molar-refractivity contribution is 5.45. The average Bonchev–Trinajstić information content (AvgIpc) is 2.95. The van der Waals surface area contributed by atoms with Crippen LogP contribution in [0.1, 0.15) is 43.9 Å². The molecule has 2 atom stereocenters. The van der Waals surface area contributed by atoms with Crippen molar-refractivity contribution in [3.63, 3.8) is 0 Å². The maximum absolute atomic E-state index is 5.89. The van der Waals surface area contributed by atoms with Gasteiger partial charge in [-0.3, -0.25) is 0 Å². The van der Waals surface area contributed by atoms with Crippen molar-refractivity contribution in [3.8, 4) is 0 Å². The summed E-state index contributed by atoms with van der Waals surface area (Å²) in [7, 11) is 0. The van der Waals surface area contributed by atoms with E-state index in [-0.39, 0.29) is 0 Å². The van der Waals surface area contributed by atoms with E-state index in [1.165, 1.54) is 30.5 Å². The van der Waals surface area contributed by atoms with Gasteiger partial charge in [-0.1, -0.05) is 13.3 Å². The molecule has 20 heavy (non-hydrogen) atoms. The molecule has 2 N–H and O–H groups in total. The van der Waals surface area contributed by atoms with Gasteiger partial charge in [-0.05, 0) is 43.4 Å². The zero-order chi connectivity index (χ0) is 13.9. The van der Waals surface area contributed by atoms with Crippen LogP contribution in [-0.4, -0.2) is 30.3 Å². The summed E-state index contributed by atoms with van der Waals surface area (Å²) in [6, 6.07) is 4.83. The predicted molar refractivity (Wildman–Crippen MR) is 80.8 cm³/mol. The lowest BCUT2D eigenvalue weighted by Gasteiger charge is -2.38. The molecule has 0 aromatic carbocycles. The minimum Gasteiger partial charge on any atom is -0.374 e. The van der Waals surface area contributed by atoms with Gasteiger partial charge in [0.25, 0.3) is 0 Å². The fourth-order valence-electron chi connectivity index (χ4n) is 3.49. The number of morpholine rings is 1. The summed E-state index contributed by atoms with van der Waals surface area (Å²) < 4.78 is 5.89. The minimum atomic E-state index is 0.404.